The van der Waals surface area contributed by atoms with Gasteiger partial charge < -0.3 is 0 Å². The Kier molecular flexibility index (Phi) is 3.50. The van der Waals surface area contributed by atoms with Crippen molar-refractivity contribution < 1.29 is 0 Å². The molecule has 0 bridgehead atoms. The summed E-state index contributed by atoms with van der Waals surface area (Å²) in [5, 5.41) is 14.6. The molecule has 0 amide bonds. The summed E-state index contributed by atoms with van der Waals surface area (Å²) in [7, 11) is 0. The normalized spacial score (nSPS) is 12.3. The first-order valence-corrected chi connectivity index (χ1v) is 6.91. The van der Waals surface area contributed by atoms with Crippen molar-refractivity contribution >= 4 is 34.4 Å². The van der Waals surface area contributed by atoms with Crippen LogP contribution in [0.15, 0.2) is 30.6 Å². The summed E-state index contributed by atoms with van der Waals surface area (Å²) in [4.78, 5) is 8.42. The SMILES string of the molecule is C[C@H](c1ccc(Cl)cc1Cl)n1nc(C#N)c2nccnc21. The van der Waals surface area contributed by atoms with E-state index < -0.39 is 0 Å². The molecule has 7 heteroatoms. The van der Waals surface area contributed by atoms with Crippen LogP contribution in [0.5, 0.6) is 0 Å². The molecule has 1 atom stereocenters. The van der Waals surface area contributed by atoms with Crippen molar-refractivity contribution in [2.45, 2.75) is 13.0 Å². The minimum atomic E-state index is -0.198. The number of halogens is 2. The van der Waals surface area contributed by atoms with Crippen LogP contribution in [0, 0.1) is 11.3 Å². The summed E-state index contributed by atoms with van der Waals surface area (Å²) >= 11 is 12.2. The molecule has 2 heterocycles. The molecular formula is C14H9Cl2N5. The third kappa shape index (κ3) is 2.33. The molecule has 0 saturated carbocycles. The lowest BCUT2D eigenvalue weighted by Gasteiger charge is -2.14. The van der Waals surface area contributed by atoms with E-state index in [9.17, 15) is 0 Å². The Morgan fingerprint density at radius 3 is 2.71 bits per heavy atom. The molecule has 0 saturated heterocycles. The standard InChI is InChI=1S/C14H9Cl2N5/c1-8(10-3-2-9(15)6-11(10)16)21-14-13(12(7-17)20-21)18-4-5-19-14/h2-6,8H,1H3/t8-/m1/s1. The van der Waals surface area contributed by atoms with Gasteiger partial charge in [-0.1, -0.05) is 29.3 Å². The van der Waals surface area contributed by atoms with Gasteiger partial charge >= 0.3 is 0 Å². The molecule has 0 aliphatic carbocycles. The zero-order chi connectivity index (χ0) is 15.0. The van der Waals surface area contributed by atoms with Crippen molar-refractivity contribution in [3.63, 3.8) is 0 Å². The van der Waals surface area contributed by atoms with E-state index in [2.05, 4.69) is 15.1 Å². The van der Waals surface area contributed by atoms with Crippen molar-refractivity contribution in [1.82, 2.24) is 19.7 Å². The molecule has 21 heavy (non-hydrogen) atoms. The monoisotopic (exact) mass is 317 g/mol. The van der Waals surface area contributed by atoms with Crippen molar-refractivity contribution in [2.75, 3.05) is 0 Å². The van der Waals surface area contributed by atoms with E-state index in [0.29, 0.717) is 21.2 Å². The van der Waals surface area contributed by atoms with Crippen molar-refractivity contribution in [1.29, 1.82) is 5.26 Å². The maximum absolute atomic E-state index is 9.16. The number of benzene rings is 1. The summed E-state index contributed by atoms with van der Waals surface area (Å²) < 4.78 is 1.65. The molecule has 104 valence electrons. The van der Waals surface area contributed by atoms with Crippen LogP contribution in [-0.4, -0.2) is 19.7 Å². The smallest absolute Gasteiger partial charge is 0.190 e. The predicted molar refractivity (Wildman–Crippen MR) is 80.3 cm³/mol. The largest absolute Gasteiger partial charge is 0.248 e. The first kappa shape index (κ1) is 13.8. The number of aromatic nitrogens is 4. The van der Waals surface area contributed by atoms with E-state index in [-0.39, 0.29) is 11.7 Å². The highest BCUT2D eigenvalue weighted by atomic mass is 35.5. The molecule has 5 nitrogen and oxygen atoms in total. The Morgan fingerprint density at radius 1 is 1.24 bits per heavy atom. The molecular weight excluding hydrogens is 309 g/mol. The van der Waals surface area contributed by atoms with Gasteiger partial charge in [-0.05, 0) is 24.6 Å². The number of nitrogens with zero attached hydrogens (tertiary/aromatic N) is 5. The second-order valence-electron chi connectivity index (χ2n) is 4.48. The summed E-state index contributed by atoms with van der Waals surface area (Å²) in [6, 6.07) is 7.12. The van der Waals surface area contributed by atoms with Crippen LogP contribution >= 0.6 is 23.2 Å². The van der Waals surface area contributed by atoms with Gasteiger partial charge in [0.2, 0.25) is 0 Å². The molecule has 0 aliphatic heterocycles. The molecule has 0 fully saturated rings. The third-order valence-corrected chi connectivity index (χ3v) is 3.78. The van der Waals surface area contributed by atoms with Crippen LogP contribution < -0.4 is 0 Å². The average Bonchev–Trinajstić information content (AvgIpc) is 2.85. The van der Waals surface area contributed by atoms with E-state index >= 15 is 0 Å². The van der Waals surface area contributed by atoms with Gasteiger partial charge in [0.25, 0.3) is 0 Å². The molecule has 0 aliphatic rings. The number of nitriles is 1. The summed E-state index contributed by atoms with van der Waals surface area (Å²) in [6.07, 6.45) is 3.10. The van der Waals surface area contributed by atoms with Crippen molar-refractivity contribution in [3.05, 3.63) is 51.9 Å². The van der Waals surface area contributed by atoms with Gasteiger partial charge in [-0.3, -0.25) is 0 Å². The molecule has 0 spiro atoms. The average molecular weight is 318 g/mol. The number of fused-ring (bicyclic) bond motifs is 1. The Balaban J connectivity index is 2.18. The minimum absolute atomic E-state index is 0.198. The second-order valence-corrected chi connectivity index (χ2v) is 5.32. The lowest BCUT2D eigenvalue weighted by molar-refractivity contribution is 0.577. The maximum Gasteiger partial charge on any atom is 0.190 e. The van der Waals surface area contributed by atoms with E-state index in [1.54, 1.807) is 23.0 Å². The molecule has 1 aromatic carbocycles. The number of hydrogen-bond acceptors (Lipinski definition) is 4. The van der Waals surface area contributed by atoms with E-state index in [0.717, 1.165) is 5.56 Å². The molecule has 3 aromatic rings. The van der Waals surface area contributed by atoms with Crippen LogP contribution in [-0.2, 0) is 0 Å². The van der Waals surface area contributed by atoms with Crippen molar-refractivity contribution in [2.24, 2.45) is 0 Å². The Labute approximate surface area is 130 Å². The number of hydrogen-bond donors (Lipinski definition) is 0. The Morgan fingerprint density at radius 2 is 2.00 bits per heavy atom. The molecule has 3 rings (SSSR count). The summed E-state index contributed by atoms with van der Waals surface area (Å²) in [5.74, 6) is 0. The maximum atomic E-state index is 9.16. The van der Waals surface area contributed by atoms with Gasteiger partial charge in [0, 0.05) is 22.4 Å². The fourth-order valence-electron chi connectivity index (χ4n) is 2.19. The molecule has 0 N–H and O–H groups in total. The van der Waals surface area contributed by atoms with Gasteiger partial charge in [-0.25, -0.2) is 14.6 Å². The lowest BCUT2D eigenvalue weighted by Crippen LogP contribution is -2.10. The molecule has 2 aromatic heterocycles. The van der Waals surface area contributed by atoms with Gasteiger partial charge in [-0.15, -0.1) is 0 Å². The second kappa shape index (κ2) is 5.32. The van der Waals surface area contributed by atoms with Gasteiger partial charge in [-0.2, -0.15) is 10.4 Å². The molecule has 0 unspecified atom stereocenters. The van der Waals surface area contributed by atoms with Crippen LogP contribution in [0.4, 0.5) is 0 Å². The Hall–Kier alpha value is -2.16. The van der Waals surface area contributed by atoms with Crippen LogP contribution in [0.2, 0.25) is 10.0 Å². The fourth-order valence-corrected chi connectivity index (χ4v) is 2.75. The fraction of sp³-hybridized carbons (Fsp3) is 0.143. The molecule has 0 radical (unpaired) electrons. The summed E-state index contributed by atoms with van der Waals surface area (Å²) in [5.41, 5.74) is 2.13. The van der Waals surface area contributed by atoms with E-state index in [4.69, 9.17) is 28.5 Å². The zero-order valence-electron chi connectivity index (χ0n) is 11.0. The topological polar surface area (TPSA) is 67.4 Å². The summed E-state index contributed by atoms with van der Waals surface area (Å²) in [6.45, 7) is 1.93. The highest BCUT2D eigenvalue weighted by Gasteiger charge is 2.19. The number of rotatable bonds is 2. The minimum Gasteiger partial charge on any atom is -0.248 e. The highest BCUT2D eigenvalue weighted by molar-refractivity contribution is 6.35. The van der Waals surface area contributed by atoms with Crippen LogP contribution in [0.3, 0.4) is 0 Å². The van der Waals surface area contributed by atoms with Gasteiger partial charge in [0.1, 0.15) is 11.6 Å². The van der Waals surface area contributed by atoms with E-state index in [1.807, 2.05) is 19.1 Å². The first-order valence-electron chi connectivity index (χ1n) is 6.16. The zero-order valence-corrected chi connectivity index (χ0v) is 12.5. The highest BCUT2D eigenvalue weighted by Crippen LogP contribution is 2.30. The first-order chi connectivity index (χ1) is 10.1. The van der Waals surface area contributed by atoms with Gasteiger partial charge in [0.15, 0.2) is 11.3 Å². The van der Waals surface area contributed by atoms with E-state index in [1.165, 1.54) is 6.20 Å². The quantitative estimate of drug-likeness (QED) is 0.724. The Bertz CT molecular complexity index is 865. The van der Waals surface area contributed by atoms with Crippen LogP contribution in [0.1, 0.15) is 24.2 Å². The third-order valence-electron chi connectivity index (χ3n) is 3.21. The van der Waals surface area contributed by atoms with Crippen molar-refractivity contribution in [3.8, 4) is 6.07 Å². The lowest BCUT2D eigenvalue weighted by atomic mass is 10.1. The van der Waals surface area contributed by atoms with Crippen LogP contribution in [0.25, 0.3) is 11.2 Å². The predicted octanol–water partition coefficient (Wildman–Crippen LogP) is 3.61. The van der Waals surface area contributed by atoms with Gasteiger partial charge in [0.05, 0.1) is 6.04 Å².